The first-order valence-electron chi connectivity index (χ1n) is 8.74. The summed E-state index contributed by atoms with van der Waals surface area (Å²) in [7, 11) is 0. The number of aryl methyl sites for hydroxylation is 2. The van der Waals surface area contributed by atoms with Crippen LogP contribution >= 0.6 is 0 Å². The Morgan fingerprint density at radius 1 is 0.913 bits per heavy atom. The molecule has 1 aromatic heterocycles. The largest absolute Gasteiger partial charge is 0.338 e. The Morgan fingerprint density at radius 3 is 2.52 bits per heavy atom. The second-order valence-electron chi connectivity index (χ2n) is 6.60. The minimum Gasteiger partial charge on any atom is -0.338 e. The zero-order valence-electron chi connectivity index (χ0n) is 13.6. The van der Waals surface area contributed by atoms with Crippen LogP contribution in [0.1, 0.15) is 29.7 Å². The van der Waals surface area contributed by atoms with E-state index in [1.807, 2.05) is 0 Å². The van der Waals surface area contributed by atoms with Crippen molar-refractivity contribution in [2.24, 2.45) is 0 Å². The number of anilines is 1. The van der Waals surface area contributed by atoms with Gasteiger partial charge >= 0.3 is 0 Å². The van der Waals surface area contributed by atoms with Gasteiger partial charge < -0.3 is 4.90 Å². The van der Waals surface area contributed by atoms with Crippen LogP contribution in [0.15, 0.2) is 36.5 Å². The third-order valence-corrected chi connectivity index (χ3v) is 4.96. The van der Waals surface area contributed by atoms with Gasteiger partial charge in [0.05, 0.1) is 0 Å². The van der Waals surface area contributed by atoms with Crippen LogP contribution in [0, 0.1) is 0 Å². The summed E-state index contributed by atoms with van der Waals surface area (Å²) in [6, 6.07) is 10.7. The maximum atomic E-state index is 4.84. The molecule has 0 radical (unpaired) electrons. The molecule has 0 bridgehead atoms. The van der Waals surface area contributed by atoms with E-state index >= 15 is 0 Å². The van der Waals surface area contributed by atoms with Gasteiger partial charge in [-0.25, -0.2) is 9.97 Å². The molecule has 2 aliphatic rings. The van der Waals surface area contributed by atoms with Crippen LogP contribution in [0.4, 0.5) is 5.95 Å². The highest BCUT2D eigenvalue weighted by atomic mass is 15.3. The van der Waals surface area contributed by atoms with Gasteiger partial charge in [-0.2, -0.15) is 0 Å². The van der Waals surface area contributed by atoms with Gasteiger partial charge in [0.15, 0.2) is 0 Å². The van der Waals surface area contributed by atoms with Crippen molar-refractivity contribution < 1.29 is 0 Å². The lowest BCUT2D eigenvalue weighted by Crippen LogP contribution is -2.46. The fourth-order valence-electron chi connectivity index (χ4n) is 3.56. The van der Waals surface area contributed by atoms with E-state index in [-0.39, 0.29) is 0 Å². The van der Waals surface area contributed by atoms with Crippen LogP contribution < -0.4 is 4.90 Å². The molecule has 23 heavy (non-hydrogen) atoms. The highest BCUT2D eigenvalue weighted by Crippen LogP contribution is 2.21. The first-order chi connectivity index (χ1) is 11.4. The molecule has 1 aromatic carbocycles. The fourth-order valence-corrected chi connectivity index (χ4v) is 3.56. The molecule has 0 spiro atoms. The number of rotatable bonds is 3. The Bertz CT molecular complexity index is 648. The predicted octanol–water partition coefficient (Wildman–Crippen LogP) is 2.68. The summed E-state index contributed by atoms with van der Waals surface area (Å²) < 4.78 is 0. The lowest BCUT2D eigenvalue weighted by molar-refractivity contribution is 0.248. The molecule has 0 N–H and O–H groups in total. The average Bonchev–Trinajstić information content (AvgIpc) is 2.63. The summed E-state index contributed by atoms with van der Waals surface area (Å²) in [5, 5.41) is 0. The number of benzene rings is 1. The molecule has 0 amide bonds. The second kappa shape index (κ2) is 6.67. The first-order valence-corrected chi connectivity index (χ1v) is 8.74. The van der Waals surface area contributed by atoms with E-state index in [0.717, 1.165) is 51.5 Å². The Balaban J connectivity index is 1.38. The number of hydrogen-bond donors (Lipinski definition) is 0. The lowest BCUT2D eigenvalue weighted by atomic mass is 9.98. The van der Waals surface area contributed by atoms with Gasteiger partial charge in [-0.05, 0) is 36.8 Å². The normalized spacial score (nSPS) is 18.7. The van der Waals surface area contributed by atoms with Gasteiger partial charge in [0.2, 0.25) is 5.95 Å². The average molecular weight is 308 g/mol. The molecule has 4 rings (SSSR count). The summed E-state index contributed by atoms with van der Waals surface area (Å²) in [5.74, 6) is 0.935. The Hall–Kier alpha value is -1.94. The van der Waals surface area contributed by atoms with E-state index in [1.54, 1.807) is 0 Å². The van der Waals surface area contributed by atoms with E-state index in [2.05, 4.69) is 51.3 Å². The SMILES string of the molecule is c1ccc(CN2CCN(c3ncc4c(n3)CCCC4)CC2)cc1. The first kappa shape index (κ1) is 14.6. The minimum atomic E-state index is 0.935. The van der Waals surface area contributed by atoms with Gasteiger partial charge in [-0.1, -0.05) is 30.3 Å². The van der Waals surface area contributed by atoms with E-state index in [1.165, 1.54) is 29.7 Å². The van der Waals surface area contributed by atoms with E-state index in [0.29, 0.717) is 0 Å². The standard InChI is InChI=1S/C19H24N4/c1-2-6-16(7-3-1)15-22-10-12-23(13-11-22)19-20-14-17-8-4-5-9-18(17)21-19/h1-3,6-7,14H,4-5,8-13,15H2. The third-order valence-electron chi connectivity index (χ3n) is 4.96. The maximum Gasteiger partial charge on any atom is 0.225 e. The number of aromatic nitrogens is 2. The van der Waals surface area contributed by atoms with Crippen LogP contribution in [0.3, 0.4) is 0 Å². The van der Waals surface area contributed by atoms with Crippen molar-refractivity contribution in [3.05, 3.63) is 53.3 Å². The van der Waals surface area contributed by atoms with Crippen LogP contribution in [0.5, 0.6) is 0 Å². The zero-order chi connectivity index (χ0) is 15.5. The molecule has 0 unspecified atom stereocenters. The molecule has 1 fully saturated rings. The van der Waals surface area contributed by atoms with Crippen molar-refractivity contribution >= 4 is 5.95 Å². The Morgan fingerprint density at radius 2 is 1.70 bits per heavy atom. The summed E-state index contributed by atoms with van der Waals surface area (Å²) in [4.78, 5) is 14.3. The van der Waals surface area contributed by atoms with Crippen LogP contribution in [0.25, 0.3) is 0 Å². The summed E-state index contributed by atoms with van der Waals surface area (Å²) in [6.45, 7) is 5.24. The fraction of sp³-hybridized carbons (Fsp3) is 0.474. The quantitative estimate of drug-likeness (QED) is 0.872. The highest BCUT2D eigenvalue weighted by molar-refractivity contribution is 5.35. The van der Waals surface area contributed by atoms with Crippen molar-refractivity contribution in [2.45, 2.75) is 32.2 Å². The zero-order valence-corrected chi connectivity index (χ0v) is 13.6. The molecular formula is C19H24N4. The van der Waals surface area contributed by atoms with E-state index < -0.39 is 0 Å². The van der Waals surface area contributed by atoms with Crippen molar-refractivity contribution in [1.29, 1.82) is 0 Å². The van der Waals surface area contributed by atoms with Gasteiger partial charge in [-0.15, -0.1) is 0 Å². The van der Waals surface area contributed by atoms with Crippen LogP contribution in [-0.4, -0.2) is 41.0 Å². The second-order valence-corrected chi connectivity index (χ2v) is 6.60. The van der Waals surface area contributed by atoms with E-state index in [9.17, 15) is 0 Å². The van der Waals surface area contributed by atoms with Gasteiger partial charge in [0, 0.05) is 44.6 Å². The molecule has 2 aromatic rings. The predicted molar refractivity (Wildman–Crippen MR) is 92.6 cm³/mol. The molecule has 1 aliphatic carbocycles. The molecular weight excluding hydrogens is 284 g/mol. The summed E-state index contributed by atoms with van der Waals surface area (Å²) >= 11 is 0. The van der Waals surface area contributed by atoms with Crippen LogP contribution in [0.2, 0.25) is 0 Å². The molecule has 0 saturated carbocycles. The lowest BCUT2D eigenvalue weighted by Gasteiger charge is -2.35. The molecule has 4 nitrogen and oxygen atoms in total. The number of hydrogen-bond acceptors (Lipinski definition) is 4. The van der Waals surface area contributed by atoms with Crippen molar-refractivity contribution in [3.8, 4) is 0 Å². The minimum absolute atomic E-state index is 0.935. The van der Waals surface area contributed by atoms with E-state index in [4.69, 9.17) is 4.98 Å². The molecule has 1 aliphatic heterocycles. The molecule has 1 saturated heterocycles. The smallest absolute Gasteiger partial charge is 0.225 e. The Labute approximate surface area is 138 Å². The third kappa shape index (κ3) is 3.37. The summed E-state index contributed by atoms with van der Waals surface area (Å²) in [6.07, 6.45) is 6.90. The number of piperazine rings is 1. The molecule has 2 heterocycles. The van der Waals surface area contributed by atoms with Gasteiger partial charge in [0.25, 0.3) is 0 Å². The van der Waals surface area contributed by atoms with Crippen molar-refractivity contribution in [3.63, 3.8) is 0 Å². The molecule has 0 atom stereocenters. The number of fused-ring (bicyclic) bond motifs is 1. The van der Waals surface area contributed by atoms with Crippen molar-refractivity contribution in [1.82, 2.24) is 14.9 Å². The van der Waals surface area contributed by atoms with Crippen molar-refractivity contribution in [2.75, 3.05) is 31.1 Å². The maximum absolute atomic E-state index is 4.84. The highest BCUT2D eigenvalue weighted by Gasteiger charge is 2.20. The molecule has 120 valence electrons. The van der Waals surface area contributed by atoms with Gasteiger partial charge in [0.1, 0.15) is 0 Å². The monoisotopic (exact) mass is 308 g/mol. The topological polar surface area (TPSA) is 32.3 Å². The Kier molecular flexibility index (Phi) is 4.24. The molecule has 4 heteroatoms. The summed E-state index contributed by atoms with van der Waals surface area (Å²) in [5.41, 5.74) is 4.04. The number of nitrogens with zero attached hydrogens (tertiary/aromatic N) is 4. The van der Waals surface area contributed by atoms with Gasteiger partial charge in [-0.3, -0.25) is 4.90 Å². The van der Waals surface area contributed by atoms with Crippen LogP contribution in [-0.2, 0) is 19.4 Å².